The van der Waals surface area contributed by atoms with E-state index in [-0.39, 0.29) is 12.7 Å². The quantitative estimate of drug-likeness (QED) is 0.888. The number of hydrogen-bond acceptors (Lipinski definition) is 4. The Morgan fingerprint density at radius 2 is 2.44 bits per heavy atom. The number of anilines is 1. The number of rotatable bonds is 4. The molecule has 0 radical (unpaired) electrons. The Labute approximate surface area is 106 Å². The van der Waals surface area contributed by atoms with Gasteiger partial charge < -0.3 is 14.7 Å². The highest BCUT2D eigenvalue weighted by Gasteiger charge is 2.24. The number of ether oxygens (including phenoxy) is 1. The number of piperidine rings is 1. The number of hydrogen-bond donors (Lipinski definition) is 1. The summed E-state index contributed by atoms with van der Waals surface area (Å²) in [6.07, 6.45) is 3.65. The third-order valence-corrected chi connectivity index (χ3v) is 3.20. The predicted octanol–water partition coefficient (Wildman–Crippen LogP) is 1.72. The zero-order chi connectivity index (χ0) is 13.0. The molecule has 0 bridgehead atoms. The molecule has 4 nitrogen and oxygen atoms in total. The first-order valence-electron chi connectivity index (χ1n) is 6.37. The molecule has 1 aromatic heterocycles. The predicted molar refractivity (Wildman–Crippen MR) is 67.0 cm³/mol. The first-order chi connectivity index (χ1) is 8.76. The summed E-state index contributed by atoms with van der Waals surface area (Å²) in [6, 6.07) is 1.50. The Morgan fingerprint density at radius 3 is 3.17 bits per heavy atom. The van der Waals surface area contributed by atoms with Crippen molar-refractivity contribution in [2.75, 3.05) is 24.6 Å². The lowest BCUT2D eigenvalue weighted by atomic mass is 10.1. The van der Waals surface area contributed by atoms with Gasteiger partial charge in [0.15, 0.2) is 11.6 Å². The van der Waals surface area contributed by atoms with Crippen LogP contribution in [0.2, 0.25) is 0 Å². The summed E-state index contributed by atoms with van der Waals surface area (Å²) in [5, 5.41) is 9.07. The molecule has 1 fully saturated rings. The van der Waals surface area contributed by atoms with Crippen LogP contribution < -0.4 is 4.90 Å². The molecule has 0 aliphatic carbocycles. The van der Waals surface area contributed by atoms with Crippen molar-refractivity contribution in [3.8, 4) is 0 Å². The monoisotopic (exact) mass is 254 g/mol. The molecular formula is C13H19FN2O2. The second-order valence-corrected chi connectivity index (χ2v) is 4.43. The third kappa shape index (κ3) is 2.79. The van der Waals surface area contributed by atoms with Crippen molar-refractivity contribution in [2.24, 2.45) is 0 Å². The van der Waals surface area contributed by atoms with Crippen molar-refractivity contribution in [1.29, 1.82) is 0 Å². The molecule has 1 aliphatic rings. The number of halogens is 1. The number of aliphatic hydroxyl groups is 1. The molecule has 0 saturated carbocycles. The molecule has 2 heterocycles. The average molecular weight is 254 g/mol. The van der Waals surface area contributed by atoms with E-state index in [1.807, 2.05) is 11.8 Å². The molecule has 0 amide bonds. The molecule has 2 rings (SSSR count). The minimum Gasteiger partial charge on any atom is -0.392 e. The fourth-order valence-electron chi connectivity index (χ4n) is 2.32. The van der Waals surface area contributed by atoms with Crippen LogP contribution >= 0.6 is 0 Å². The third-order valence-electron chi connectivity index (χ3n) is 3.20. The molecule has 1 unspecified atom stereocenters. The summed E-state index contributed by atoms with van der Waals surface area (Å²) in [7, 11) is 0. The van der Waals surface area contributed by atoms with Crippen molar-refractivity contribution in [1.82, 2.24) is 4.98 Å². The highest BCUT2D eigenvalue weighted by molar-refractivity contribution is 5.43. The topological polar surface area (TPSA) is 45.6 Å². The second-order valence-electron chi connectivity index (χ2n) is 4.43. The molecule has 1 N–H and O–H groups in total. The first kappa shape index (κ1) is 13.2. The highest BCUT2D eigenvalue weighted by atomic mass is 19.1. The van der Waals surface area contributed by atoms with Gasteiger partial charge in [-0.3, -0.25) is 0 Å². The van der Waals surface area contributed by atoms with E-state index in [1.165, 1.54) is 12.3 Å². The van der Waals surface area contributed by atoms with Crippen molar-refractivity contribution in [3.05, 3.63) is 23.6 Å². The van der Waals surface area contributed by atoms with Crippen molar-refractivity contribution in [2.45, 2.75) is 32.5 Å². The summed E-state index contributed by atoms with van der Waals surface area (Å²) in [4.78, 5) is 5.99. The summed E-state index contributed by atoms with van der Waals surface area (Å²) < 4.78 is 19.7. The van der Waals surface area contributed by atoms with Gasteiger partial charge in [-0.1, -0.05) is 0 Å². The Balaban J connectivity index is 2.15. The molecule has 1 aromatic rings. The maximum atomic E-state index is 14.1. The van der Waals surface area contributed by atoms with E-state index in [0.717, 1.165) is 19.4 Å². The number of aliphatic hydroxyl groups excluding tert-OH is 1. The van der Waals surface area contributed by atoms with Crippen LogP contribution in [0.25, 0.3) is 0 Å². The minimum absolute atomic E-state index is 0.141. The molecule has 5 heteroatoms. The Morgan fingerprint density at radius 1 is 1.61 bits per heavy atom. The van der Waals surface area contributed by atoms with Crippen LogP contribution in [-0.2, 0) is 11.3 Å². The Bertz CT molecular complexity index is 399. The number of aromatic nitrogens is 1. The van der Waals surface area contributed by atoms with E-state index in [4.69, 9.17) is 9.84 Å². The van der Waals surface area contributed by atoms with Gasteiger partial charge in [-0.05, 0) is 25.8 Å². The highest BCUT2D eigenvalue weighted by Crippen LogP contribution is 2.24. The second kappa shape index (κ2) is 6.11. The lowest BCUT2D eigenvalue weighted by molar-refractivity contribution is 0.0523. The molecular weight excluding hydrogens is 235 g/mol. The molecule has 1 saturated heterocycles. The smallest absolute Gasteiger partial charge is 0.171 e. The van der Waals surface area contributed by atoms with Crippen LogP contribution in [0, 0.1) is 5.82 Å². The maximum Gasteiger partial charge on any atom is 0.171 e. The Hall–Kier alpha value is -1.20. The standard InChI is InChI=1S/C13H19FN2O2/c1-2-18-11-4-3-7-16(8-11)13-12(14)10(9-17)5-6-15-13/h5-6,11,17H,2-4,7-9H2,1H3. The van der Waals surface area contributed by atoms with Gasteiger partial charge in [-0.15, -0.1) is 0 Å². The zero-order valence-corrected chi connectivity index (χ0v) is 10.6. The lowest BCUT2D eigenvalue weighted by Gasteiger charge is -2.33. The van der Waals surface area contributed by atoms with Crippen molar-refractivity contribution < 1.29 is 14.2 Å². The van der Waals surface area contributed by atoms with Crippen LogP contribution in [0.4, 0.5) is 10.2 Å². The van der Waals surface area contributed by atoms with Crippen molar-refractivity contribution >= 4 is 5.82 Å². The van der Waals surface area contributed by atoms with Gasteiger partial charge in [-0.2, -0.15) is 0 Å². The minimum atomic E-state index is -0.419. The molecule has 0 aromatic carbocycles. The maximum absolute atomic E-state index is 14.1. The van der Waals surface area contributed by atoms with Crippen LogP contribution in [0.15, 0.2) is 12.3 Å². The van der Waals surface area contributed by atoms with Gasteiger partial charge in [0.05, 0.1) is 12.7 Å². The zero-order valence-electron chi connectivity index (χ0n) is 10.6. The van der Waals surface area contributed by atoms with E-state index in [1.54, 1.807) is 0 Å². The van der Waals surface area contributed by atoms with Gasteiger partial charge in [0.1, 0.15) is 0 Å². The number of pyridine rings is 1. The average Bonchev–Trinajstić information content (AvgIpc) is 2.40. The normalized spacial score (nSPS) is 20.2. The van der Waals surface area contributed by atoms with Gasteiger partial charge in [0, 0.05) is 31.5 Å². The van der Waals surface area contributed by atoms with Crippen LogP contribution in [0.1, 0.15) is 25.3 Å². The first-order valence-corrected chi connectivity index (χ1v) is 6.37. The molecule has 1 atom stereocenters. The van der Waals surface area contributed by atoms with Gasteiger partial charge in [0.2, 0.25) is 0 Å². The van der Waals surface area contributed by atoms with Crippen molar-refractivity contribution in [3.63, 3.8) is 0 Å². The summed E-state index contributed by atoms with van der Waals surface area (Å²) in [5.41, 5.74) is 0.290. The van der Waals surface area contributed by atoms with E-state index in [9.17, 15) is 4.39 Å². The fraction of sp³-hybridized carbons (Fsp3) is 0.615. The molecule has 1 aliphatic heterocycles. The summed E-state index contributed by atoms with van der Waals surface area (Å²) >= 11 is 0. The summed E-state index contributed by atoms with van der Waals surface area (Å²) in [6.45, 7) is 3.77. The van der Waals surface area contributed by atoms with Crippen LogP contribution in [-0.4, -0.2) is 35.9 Å². The van der Waals surface area contributed by atoms with E-state index >= 15 is 0 Å². The SMILES string of the molecule is CCOC1CCCN(c2nccc(CO)c2F)C1. The van der Waals surface area contributed by atoms with Gasteiger partial charge >= 0.3 is 0 Å². The number of nitrogens with zero attached hydrogens (tertiary/aromatic N) is 2. The van der Waals surface area contributed by atoms with E-state index in [0.29, 0.717) is 24.5 Å². The summed E-state index contributed by atoms with van der Waals surface area (Å²) in [5.74, 6) is -0.0944. The van der Waals surface area contributed by atoms with E-state index in [2.05, 4.69) is 4.98 Å². The fourth-order valence-corrected chi connectivity index (χ4v) is 2.32. The Kier molecular flexibility index (Phi) is 4.49. The molecule has 0 spiro atoms. The molecule has 18 heavy (non-hydrogen) atoms. The van der Waals surface area contributed by atoms with Crippen LogP contribution in [0.3, 0.4) is 0 Å². The lowest BCUT2D eigenvalue weighted by Crippen LogP contribution is -2.40. The van der Waals surface area contributed by atoms with E-state index < -0.39 is 5.82 Å². The van der Waals surface area contributed by atoms with Gasteiger partial charge in [0.25, 0.3) is 0 Å². The van der Waals surface area contributed by atoms with Crippen LogP contribution in [0.5, 0.6) is 0 Å². The van der Waals surface area contributed by atoms with Gasteiger partial charge in [-0.25, -0.2) is 9.37 Å². The largest absolute Gasteiger partial charge is 0.392 e. The molecule has 100 valence electrons.